The van der Waals surface area contributed by atoms with Gasteiger partial charge >= 0.3 is 0 Å². The number of aromatic nitrogens is 2. The highest BCUT2D eigenvalue weighted by Crippen LogP contribution is 2.17. The van der Waals surface area contributed by atoms with E-state index >= 15 is 0 Å². The normalized spacial score (nSPS) is 14.2. The van der Waals surface area contributed by atoms with Crippen LogP contribution in [0.1, 0.15) is 34.3 Å². The number of benzene rings is 1. The molecule has 0 saturated carbocycles. The Bertz CT molecular complexity index is 676. The van der Waals surface area contributed by atoms with Crippen LogP contribution in [-0.2, 0) is 0 Å². The molecule has 1 amide bonds. The number of rotatable bonds is 3. The molecule has 22 heavy (non-hydrogen) atoms. The van der Waals surface area contributed by atoms with Gasteiger partial charge in [-0.1, -0.05) is 17.7 Å². The Labute approximate surface area is 130 Å². The summed E-state index contributed by atoms with van der Waals surface area (Å²) in [6, 6.07) is 5.85. The molecule has 0 unspecified atom stereocenters. The third-order valence-corrected chi connectivity index (χ3v) is 3.92. The molecule has 5 heteroatoms. The van der Waals surface area contributed by atoms with Crippen molar-refractivity contribution < 1.29 is 4.79 Å². The molecule has 1 N–H and O–H groups in total. The van der Waals surface area contributed by atoms with Crippen LogP contribution in [-0.4, -0.2) is 29.0 Å². The van der Waals surface area contributed by atoms with Crippen molar-refractivity contribution in [3.63, 3.8) is 0 Å². The van der Waals surface area contributed by atoms with Crippen molar-refractivity contribution in [2.24, 2.45) is 0 Å². The van der Waals surface area contributed by atoms with Gasteiger partial charge in [0.25, 0.3) is 5.91 Å². The predicted octanol–water partition coefficient (Wildman–Crippen LogP) is 2.95. The van der Waals surface area contributed by atoms with Gasteiger partial charge in [0.2, 0.25) is 5.95 Å². The molecule has 5 nitrogen and oxygen atoms in total. The summed E-state index contributed by atoms with van der Waals surface area (Å²) in [7, 11) is 0. The van der Waals surface area contributed by atoms with Gasteiger partial charge in [-0.25, -0.2) is 9.97 Å². The number of nitrogens with one attached hydrogen (secondary N) is 1. The number of carbonyl (C=O) groups excluding carboxylic acids is 1. The van der Waals surface area contributed by atoms with Gasteiger partial charge in [-0.2, -0.15) is 0 Å². The molecule has 2 aromatic rings. The summed E-state index contributed by atoms with van der Waals surface area (Å²) >= 11 is 0. The Balaban J connectivity index is 1.72. The fourth-order valence-electron chi connectivity index (χ4n) is 2.65. The van der Waals surface area contributed by atoms with Crippen molar-refractivity contribution in [1.29, 1.82) is 0 Å². The Morgan fingerprint density at radius 1 is 1.14 bits per heavy atom. The molecule has 0 spiro atoms. The minimum absolute atomic E-state index is 0.126. The predicted molar refractivity (Wildman–Crippen MR) is 87.3 cm³/mol. The zero-order valence-electron chi connectivity index (χ0n) is 13.0. The van der Waals surface area contributed by atoms with Gasteiger partial charge < -0.3 is 10.2 Å². The largest absolute Gasteiger partial charge is 0.341 e. The quantitative estimate of drug-likeness (QED) is 0.946. The summed E-state index contributed by atoms with van der Waals surface area (Å²) < 4.78 is 0. The van der Waals surface area contributed by atoms with Crippen LogP contribution >= 0.6 is 0 Å². The number of amides is 1. The van der Waals surface area contributed by atoms with Gasteiger partial charge in [-0.3, -0.25) is 4.79 Å². The van der Waals surface area contributed by atoms with E-state index in [4.69, 9.17) is 0 Å². The van der Waals surface area contributed by atoms with E-state index in [2.05, 4.69) is 20.2 Å². The molecule has 0 radical (unpaired) electrons. The highest BCUT2D eigenvalue weighted by molar-refractivity contribution is 6.05. The van der Waals surface area contributed by atoms with E-state index in [0.717, 1.165) is 30.2 Å². The smallest absolute Gasteiger partial charge is 0.256 e. The summed E-state index contributed by atoms with van der Waals surface area (Å²) in [5.74, 6) is 0.612. The molecule has 1 fully saturated rings. The maximum atomic E-state index is 12.4. The first-order chi connectivity index (χ1) is 10.6. The fraction of sp³-hybridized carbons (Fsp3) is 0.353. The first-order valence-corrected chi connectivity index (χ1v) is 7.59. The molecule has 1 aromatic heterocycles. The van der Waals surface area contributed by atoms with Crippen LogP contribution in [0.25, 0.3) is 0 Å². The zero-order valence-corrected chi connectivity index (χ0v) is 13.0. The molecular formula is C17H20N4O. The second-order valence-corrected chi connectivity index (χ2v) is 5.74. The fourth-order valence-corrected chi connectivity index (χ4v) is 2.65. The summed E-state index contributed by atoms with van der Waals surface area (Å²) in [5.41, 5.74) is 3.33. The van der Waals surface area contributed by atoms with Crippen molar-refractivity contribution in [2.75, 3.05) is 23.3 Å². The second kappa shape index (κ2) is 6.13. The van der Waals surface area contributed by atoms with Crippen molar-refractivity contribution in [2.45, 2.75) is 26.7 Å². The van der Waals surface area contributed by atoms with Gasteiger partial charge in [-0.15, -0.1) is 0 Å². The van der Waals surface area contributed by atoms with E-state index in [1.54, 1.807) is 12.4 Å². The number of nitrogens with zero attached hydrogens (tertiary/aromatic N) is 3. The Morgan fingerprint density at radius 3 is 2.50 bits per heavy atom. The van der Waals surface area contributed by atoms with E-state index in [1.165, 1.54) is 12.8 Å². The molecule has 0 bridgehead atoms. The Morgan fingerprint density at radius 2 is 1.82 bits per heavy atom. The lowest BCUT2D eigenvalue weighted by atomic mass is 10.1. The van der Waals surface area contributed by atoms with Crippen LogP contribution in [0.5, 0.6) is 0 Å². The molecule has 1 aliphatic heterocycles. The van der Waals surface area contributed by atoms with E-state index in [-0.39, 0.29) is 5.91 Å². The monoisotopic (exact) mass is 296 g/mol. The minimum atomic E-state index is -0.126. The summed E-state index contributed by atoms with van der Waals surface area (Å²) in [6.07, 6.45) is 5.72. The standard InChI is InChI=1S/C17H20N4O/c1-12-5-6-13(2)15(9-12)16(22)20-14-10-18-17(19-11-14)21-7-3-4-8-21/h5-6,9-11H,3-4,7-8H2,1-2H3,(H,20,22). The van der Waals surface area contributed by atoms with E-state index in [0.29, 0.717) is 11.3 Å². The number of hydrogen-bond acceptors (Lipinski definition) is 4. The molecule has 1 aromatic carbocycles. The van der Waals surface area contributed by atoms with Crippen LogP contribution in [0.4, 0.5) is 11.6 Å². The number of anilines is 2. The SMILES string of the molecule is Cc1ccc(C)c(C(=O)Nc2cnc(N3CCCC3)nc2)c1. The first kappa shape index (κ1) is 14.5. The van der Waals surface area contributed by atoms with Crippen molar-refractivity contribution in [1.82, 2.24) is 9.97 Å². The van der Waals surface area contributed by atoms with E-state index < -0.39 is 0 Å². The van der Waals surface area contributed by atoms with Crippen LogP contribution in [0, 0.1) is 13.8 Å². The summed E-state index contributed by atoms with van der Waals surface area (Å²) in [5, 5.41) is 2.86. The lowest BCUT2D eigenvalue weighted by Gasteiger charge is -2.15. The molecule has 0 aliphatic carbocycles. The summed E-state index contributed by atoms with van der Waals surface area (Å²) in [4.78, 5) is 23.2. The van der Waals surface area contributed by atoms with Crippen molar-refractivity contribution >= 4 is 17.5 Å². The molecule has 3 rings (SSSR count). The molecule has 114 valence electrons. The van der Waals surface area contributed by atoms with Crippen LogP contribution < -0.4 is 10.2 Å². The van der Waals surface area contributed by atoms with Crippen molar-refractivity contribution in [3.8, 4) is 0 Å². The summed E-state index contributed by atoms with van der Waals surface area (Å²) in [6.45, 7) is 5.92. The minimum Gasteiger partial charge on any atom is -0.341 e. The molecule has 1 aliphatic rings. The van der Waals surface area contributed by atoms with Gasteiger partial charge in [0, 0.05) is 18.7 Å². The lowest BCUT2D eigenvalue weighted by molar-refractivity contribution is 0.102. The average molecular weight is 296 g/mol. The molecule has 1 saturated heterocycles. The third kappa shape index (κ3) is 3.08. The average Bonchev–Trinajstić information content (AvgIpc) is 3.05. The van der Waals surface area contributed by atoms with Crippen LogP contribution in [0.3, 0.4) is 0 Å². The maximum absolute atomic E-state index is 12.4. The number of hydrogen-bond donors (Lipinski definition) is 1. The molecule has 0 atom stereocenters. The van der Waals surface area contributed by atoms with Crippen LogP contribution in [0.2, 0.25) is 0 Å². The van der Waals surface area contributed by atoms with Gasteiger partial charge in [0.15, 0.2) is 0 Å². The Kier molecular flexibility index (Phi) is 4.04. The van der Waals surface area contributed by atoms with E-state index in [1.807, 2.05) is 32.0 Å². The highest BCUT2D eigenvalue weighted by Gasteiger charge is 2.15. The topological polar surface area (TPSA) is 58.1 Å². The van der Waals surface area contributed by atoms with Gasteiger partial charge in [0.1, 0.15) is 0 Å². The Hall–Kier alpha value is -2.43. The van der Waals surface area contributed by atoms with Crippen molar-refractivity contribution in [3.05, 3.63) is 47.3 Å². The number of carbonyl (C=O) groups is 1. The maximum Gasteiger partial charge on any atom is 0.256 e. The first-order valence-electron chi connectivity index (χ1n) is 7.59. The van der Waals surface area contributed by atoms with Gasteiger partial charge in [-0.05, 0) is 38.3 Å². The van der Waals surface area contributed by atoms with Crippen LogP contribution in [0.15, 0.2) is 30.6 Å². The van der Waals surface area contributed by atoms with Gasteiger partial charge in [0.05, 0.1) is 18.1 Å². The number of aryl methyl sites for hydroxylation is 2. The van der Waals surface area contributed by atoms with E-state index in [9.17, 15) is 4.79 Å². The molecule has 2 heterocycles. The third-order valence-electron chi connectivity index (χ3n) is 3.92. The zero-order chi connectivity index (χ0) is 15.5. The second-order valence-electron chi connectivity index (χ2n) is 5.74. The highest BCUT2D eigenvalue weighted by atomic mass is 16.1. The lowest BCUT2D eigenvalue weighted by Crippen LogP contribution is -2.20. The molecular weight excluding hydrogens is 276 g/mol.